The van der Waals surface area contributed by atoms with Gasteiger partial charge in [0.15, 0.2) is 11.5 Å². The Morgan fingerprint density at radius 3 is 2.23 bits per heavy atom. The number of ether oxygens (including phenoxy) is 1. The summed E-state index contributed by atoms with van der Waals surface area (Å²) < 4.78 is 31.5. The van der Waals surface area contributed by atoms with Gasteiger partial charge in [0.2, 0.25) is 0 Å². The third-order valence-electron chi connectivity index (χ3n) is 4.38. The summed E-state index contributed by atoms with van der Waals surface area (Å²) in [5.41, 5.74) is -1.83. The van der Waals surface area contributed by atoms with E-state index in [9.17, 15) is 9.36 Å². The summed E-state index contributed by atoms with van der Waals surface area (Å²) in [5, 5.41) is 4.46. The van der Waals surface area contributed by atoms with Crippen LogP contribution < -0.4 is 0 Å². The molecule has 30 heavy (non-hydrogen) atoms. The standard InChI is InChI=1S/C21H40N3O5P/c1-7-10-11-12-13-14-15-24-17-22-19(23-24)16-18(20(25)29-21(4,5)6)30(26,27-8-2)28-9-3/h17-18H,7-16H2,1-6H3. The fraction of sp³-hybridized carbons (Fsp3) is 0.857. The van der Waals surface area contributed by atoms with Crippen molar-refractivity contribution in [1.29, 1.82) is 0 Å². The molecule has 1 aromatic rings. The molecule has 1 unspecified atom stereocenters. The molecule has 1 rings (SSSR count). The Labute approximate surface area is 181 Å². The molecular weight excluding hydrogens is 405 g/mol. The molecule has 0 saturated heterocycles. The van der Waals surface area contributed by atoms with Crippen molar-refractivity contribution in [2.75, 3.05) is 13.2 Å². The maximum Gasteiger partial charge on any atom is 0.345 e. The lowest BCUT2D eigenvalue weighted by molar-refractivity contribution is -0.154. The molecule has 174 valence electrons. The van der Waals surface area contributed by atoms with Crippen LogP contribution in [0.15, 0.2) is 6.33 Å². The second-order valence-corrected chi connectivity index (χ2v) is 10.5. The quantitative estimate of drug-likeness (QED) is 0.209. The van der Waals surface area contributed by atoms with Crippen LogP contribution in [0.2, 0.25) is 0 Å². The fourth-order valence-electron chi connectivity index (χ4n) is 3.03. The highest BCUT2D eigenvalue weighted by atomic mass is 31.2. The van der Waals surface area contributed by atoms with Gasteiger partial charge in [0, 0.05) is 13.0 Å². The molecule has 0 aromatic carbocycles. The largest absolute Gasteiger partial charge is 0.459 e. The number of aromatic nitrogens is 3. The van der Waals surface area contributed by atoms with E-state index in [2.05, 4.69) is 17.0 Å². The summed E-state index contributed by atoms with van der Waals surface area (Å²) in [5.74, 6) is -0.198. The molecule has 0 aliphatic rings. The van der Waals surface area contributed by atoms with Gasteiger partial charge in [-0.15, -0.1) is 0 Å². The van der Waals surface area contributed by atoms with E-state index in [0.717, 1.165) is 19.4 Å². The SMILES string of the molecule is CCCCCCCCn1cnc(CC(C(=O)OC(C)(C)C)P(=O)(OCC)OCC)n1. The molecule has 0 bridgehead atoms. The first-order valence-corrected chi connectivity index (χ1v) is 12.8. The maximum atomic E-state index is 13.3. The van der Waals surface area contributed by atoms with Crippen LogP contribution in [0.3, 0.4) is 0 Å². The predicted molar refractivity (Wildman–Crippen MR) is 118 cm³/mol. The Morgan fingerprint density at radius 1 is 1.07 bits per heavy atom. The number of carbonyl (C=O) groups is 1. The Morgan fingerprint density at radius 2 is 1.67 bits per heavy atom. The number of esters is 1. The Kier molecular flexibility index (Phi) is 11.8. The van der Waals surface area contributed by atoms with Gasteiger partial charge in [-0.05, 0) is 41.0 Å². The monoisotopic (exact) mass is 445 g/mol. The van der Waals surface area contributed by atoms with Gasteiger partial charge >= 0.3 is 13.6 Å². The number of rotatable bonds is 15. The number of unbranched alkanes of at least 4 members (excludes halogenated alkanes) is 5. The molecule has 1 heterocycles. The smallest absolute Gasteiger partial charge is 0.345 e. The average Bonchev–Trinajstić information content (AvgIpc) is 3.09. The van der Waals surface area contributed by atoms with Gasteiger partial charge in [0.25, 0.3) is 0 Å². The summed E-state index contributed by atoms with van der Waals surface area (Å²) in [6.45, 7) is 12.0. The Bertz CT molecular complexity index is 662. The third-order valence-corrected chi connectivity index (χ3v) is 6.77. The summed E-state index contributed by atoms with van der Waals surface area (Å²) in [6, 6.07) is 0. The van der Waals surface area contributed by atoms with Gasteiger partial charge in [0.1, 0.15) is 11.9 Å². The van der Waals surface area contributed by atoms with Crippen molar-refractivity contribution in [1.82, 2.24) is 14.8 Å². The van der Waals surface area contributed by atoms with Gasteiger partial charge in [-0.3, -0.25) is 14.0 Å². The van der Waals surface area contributed by atoms with E-state index in [1.807, 2.05) is 0 Å². The van der Waals surface area contributed by atoms with Gasteiger partial charge in [-0.2, -0.15) is 5.10 Å². The normalized spacial score (nSPS) is 13.4. The van der Waals surface area contributed by atoms with Crippen LogP contribution >= 0.6 is 7.60 Å². The maximum absolute atomic E-state index is 13.3. The number of hydrogen-bond acceptors (Lipinski definition) is 7. The second-order valence-electron chi connectivity index (χ2n) is 8.32. The van der Waals surface area contributed by atoms with Crippen LogP contribution in [0.4, 0.5) is 0 Å². The van der Waals surface area contributed by atoms with Gasteiger partial charge in [-0.25, -0.2) is 4.98 Å². The van der Waals surface area contributed by atoms with Crippen molar-refractivity contribution in [3.8, 4) is 0 Å². The minimum Gasteiger partial charge on any atom is -0.459 e. The molecule has 0 aliphatic heterocycles. The van der Waals surface area contributed by atoms with Crippen LogP contribution in [0.1, 0.15) is 85.9 Å². The highest BCUT2D eigenvalue weighted by molar-refractivity contribution is 7.55. The second kappa shape index (κ2) is 13.2. The molecular formula is C21H40N3O5P. The van der Waals surface area contributed by atoms with Crippen molar-refractivity contribution in [3.63, 3.8) is 0 Å². The van der Waals surface area contributed by atoms with Gasteiger partial charge in [-0.1, -0.05) is 39.0 Å². The molecule has 8 nitrogen and oxygen atoms in total. The molecule has 1 atom stereocenters. The summed E-state index contributed by atoms with van der Waals surface area (Å²) in [4.78, 5) is 17.2. The first kappa shape index (κ1) is 26.8. The molecule has 0 radical (unpaired) electrons. The summed E-state index contributed by atoms with van der Waals surface area (Å²) >= 11 is 0. The van der Waals surface area contributed by atoms with Crippen LogP contribution in [0.5, 0.6) is 0 Å². The molecule has 0 fully saturated rings. The predicted octanol–water partition coefficient (Wildman–Crippen LogP) is 5.16. The Hall–Kier alpha value is -1.24. The minimum absolute atomic E-state index is 0.0374. The van der Waals surface area contributed by atoms with Crippen molar-refractivity contribution in [2.24, 2.45) is 0 Å². The van der Waals surface area contributed by atoms with Crippen molar-refractivity contribution in [2.45, 2.75) is 104 Å². The van der Waals surface area contributed by atoms with E-state index in [-0.39, 0.29) is 19.6 Å². The highest BCUT2D eigenvalue weighted by Crippen LogP contribution is 2.54. The summed E-state index contributed by atoms with van der Waals surface area (Å²) in [6.07, 6.45) is 8.87. The molecule has 0 amide bonds. The van der Waals surface area contributed by atoms with E-state index >= 15 is 0 Å². The number of hydrogen-bond donors (Lipinski definition) is 0. The lowest BCUT2D eigenvalue weighted by Gasteiger charge is -2.27. The van der Waals surface area contributed by atoms with E-state index in [4.69, 9.17) is 13.8 Å². The van der Waals surface area contributed by atoms with E-state index in [1.54, 1.807) is 45.6 Å². The van der Waals surface area contributed by atoms with Crippen molar-refractivity contribution in [3.05, 3.63) is 12.2 Å². The van der Waals surface area contributed by atoms with Crippen LogP contribution in [-0.2, 0) is 36.1 Å². The molecule has 9 heteroatoms. The molecule has 0 saturated carbocycles. The first-order chi connectivity index (χ1) is 14.1. The lowest BCUT2D eigenvalue weighted by Crippen LogP contribution is -2.34. The van der Waals surface area contributed by atoms with E-state index < -0.39 is 24.8 Å². The topological polar surface area (TPSA) is 92.5 Å². The van der Waals surface area contributed by atoms with Crippen LogP contribution in [0.25, 0.3) is 0 Å². The minimum atomic E-state index is -3.73. The highest BCUT2D eigenvalue weighted by Gasteiger charge is 2.44. The van der Waals surface area contributed by atoms with E-state index in [1.165, 1.54) is 25.7 Å². The zero-order valence-electron chi connectivity index (χ0n) is 19.6. The number of carbonyl (C=O) groups excluding carboxylic acids is 1. The fourth-order valence-corrected chi connectivity index (χ4v) is 4.88. The van der Waals surface area contributed by atoms with Gasteiger partial charge in [0.05, 0.1) is 13.2 Å². The van der Waals surface area contributed by atoms with Crippen molar-refractivity contribution >= 4 is 13.6 Å². The Balaban J connectivity index is 2.85. The van der Waals surface area contributed by atoms with Crippen LogP contribution in [0, 0.1) is 0 Å². The lowest BCUT2D eigenvalue weighted by atomic mass is 10.1. The number of nitrogens with zero attached hydrogens (tertiary/aromatic N) is 3. The zero-order valence-corrected chi connectivity index (χ0v) is 20.5. The molecule has 1 aromatic heterocycles. The third kappa shape index (κ3) is 9.71. The van der Waals surface area contributed by atoms with Crippen molar-refractivity contribution < 1.29 is 23.1 Å². The molecule has 0 N–H and O–H groups in total. The zero-order chi connectivity index (χ0) is 22.6. The summed E-state index contributed by atoms with van der Waals surface area (Å²) in [7, 11) is -3.73. The first-order valence-electron chi connectivity index (χ1n) is 11.1. The van der Waals surface area contributed by atoms with E-state index in [0.29, 0.717) is 5.82 Å². The number of aryl methyl sites for hydroxylation is 1. The average molecular weight is 446 g/mol. The molecule has 0 spiro atoms. The van der Waals surface area contributed by atoms with Gasteiger partial charge < -0.3 is 13.8 Å². The van der Waals surface area contributed by atoms with Crippen LogP contribution in [-0.4, -0.2) is 45.2 Å². The molecule has 0 aliphatic carbocycles.